The van der Waals surface area contributed by atoms with Gasteiger partial charge >= 0.3 is 0 Å². The quantitative estimate of drug-likeness (QED) is 0.775. The van der Waals surface area contributed by atoms with Crippen molar-refractivity contribution >= 4 is 0 Å². The van der Waals surface area contributed by atoms with Gasteiger partial charge in [-0.25, -0.2) is 4.98 Å². The van der Waals surface area contributed by atoms with E-state index in [1.807, 2.05) is 0 Å². The zero-order valence-corrected chi connectivity index (χ0v) is 8.63. The van der Waals surface area contributed by atoms with Gasteiger partial charge in [-0.3, -0.25) is 0 Å². The van der Waals surface area contributed by atoms with Crippen LogP contribution in [0, 0.1) is 5.41 Å². The van der Waals surface area contributed by atoms with Crippen molar-refractivity contribution in [2.45, 2.75) is 33.6 Å². The topological polar surface area (TPSA) is 52.0 Å². The summed E-state index contributed by atoms with van der Waals surface area (Å²) < 4.78 is 5.33. The standard InChI is InChI=1S/C10H18N2O/c1-10(2,3)6-9-12-8(4-5-11)7-13-9/h7H,4-6,11H2,1-3H3. The van der Waals surface area contributed by atoms with E-state index in [1.54, 1.807) is 6.26 Å². The number of aromatic nitrogens is 1. The number of hydrogen-bond acceptors (Lipinski definition) is 3. The van der Waals surface area contributed by atoms with Crippen molar-refractivity contribution in [3.05, 3.63) is 17.8 Å². The summed E-state index contributed by atoms with van der Waals surface area (Å²) >= 11 is 0. The molecular formula is C10H18N2O. The largest absolute Gasteiger partial charge is 0.449 e. The molecule has 0 aliphatic carbocycles. The summed E-state index contributed by atoms with van der Waals surface area (Å²) in [6, 6.07) is 0. The van der Waals surface area contributed by atoms with Gasteiger partial charge in [-0.2, -0.15) is 0 Å². The molecule has 3 nitrogen and oxygen atoms in total. The predicted octanol–water partition coefficient (Wildman–Crippen LogP) is 1.76. The maximum atomic E-state index is 5.42. The maximum Gasteiger partial charge on any atom is 0.194 e. The minimum absolute atomic E-state index is 0.227. The van der Waals surface area contributed by atoms with E-state index in [0.29, 0.717) is 6.54 Å². The van der Waals surface area contributed by atoms with Gasteiger partial charge in [0.15, 0.2) is 5.89 Å². The van der Waals surface area contributed by atoms with Crippen LogP contribution in [0.1, 0.15) is 32.4 Å². The van der Waals surface area contributed by atoms with E-state index >= 15 is 0 Å². The van der Waals surface area contributed by atoms with E-state index < -0.39 is 0 Å². The first-order chi connectivity index (χ1) is 6.01. The molecule has 13 heavy (non-hydrogen) atoms. The van der Waals surface area contributed by atoms with E-state index in [4.69, 9.17) is 10.2 Å². The second kappa shape index (κ2) is 3.92. The fourth-order valence-electron chi connectivity index (χ4n) is 1.15. The van der Waals surface area contributed by atoms with Gasteiger partial charge in [0.2, 0.25) is 0 Å². The Balaban J connectivity index is 2.59. The first kappa shape index (κ1) is 10.3. The van der Waals surface area contributed by atoms with Crippen LogP contribution in [-0.4, -0.2) is 11.5 Å². The average Bonchev–Trinajstić information content (AvgIpc) is 2.33. The predicted molar refractivity (Wildman–Crippen MR) is 52.4 cm³/mol. The van der Waals surface area contributed by atoms with Gasteiger partial charge in [-0.15, -0.1) is 0 Å². The highest BCUT2D eigenvalue weighted by atomic mass is 16.3. The first-order valence-corrected chi connectivity index (χ1v) is 4.64. The molecule has 0 aliphatic rings. The molecule has 74 valence electrons. The molecule has 0 amide bonds. The fraction of sp³-hybridized carbons (Fsp3) is 0.700. The van der Waals surface area contributed by atoms with Crippen LogP contribution in [0.2, 0.25) is 0 Å². The molecule has 0 aliphatic heterocycles. The molecule has 0 fully saturated rings. The normalized spacial score (nSPS) is 12.0. The summed E-state index contributed by atoms with van der Waals surface area (Å²) in [4.78, 5) is 4.34. The molecule has 0 saturated carbocycles. The number of nitrogens with zero attached hydrogens (tertiary/aromatic N) is 1. The molecule has 2 N–H and O–H groups in total. The SMILES string of the molecule is CC(C)(C)Cc1nc(CCN)co1. The maximum absolute atomic E-state index is 5.42. The van der Waals surface area contributed by atoms with E-state index in [1.165, 1.54) is 0 Å². The van der Waals surface area contributed by atoms with Crippen molar-refractivity contribution in [1.29, 1.82) is 0 Å². The summed E-state index contributed by atoms with van der Waals surface area (Å²) in [7, 11) is 0. The summed E-state index contributed by atoms with van der Waals surface area (Å²) in [6.07, 6.45) is 3.37. The van der Waals surface area contributed by atoms with Crippen molar-refractivity contribution < 1.29 is 4.42 Å². The average molecular weight is 182 g/mol. The van der Waals surface area contributed by atoms with Crippen LogP contribution >= 0.6 is 0 Å². The number of oxazole rings is 1. The van der Waals surface area contributed by atoms with Gasteiger partial charge in [0.05, 0.1) is 5.69 Å². The Labute approximate surface area is 79.3 Å². The van der Waals surface area contributed by atoms with Crippen LogP contribution < -0.4 is 5.73 Å². The van der Waals surface area contributed by atoms with Crippen molar-refractivity contribution in [2.24, 2.45) is 11.1 Å². The van der Waals surface area contributed by atoms with Gasteiger partial charge in [0.25, 0.3) is 0 Å². The van der Waals surface area contributed by atoms with Crippen molar-refractivity contribution in [2.75, 3.05) is 6.54 Å². The summed E-state index contributed by atoms with van der Waals surface area (Å²) in [5, 5.41) is 0. The molecule has 1 aromatic rings. The molecule has 0 unspecified atom stereocenters. The highest BCUT2D eigenvalue weighted by Crippen LogP contribution is 2.19. The van der Waals surface area contributed by atoms with E-state index in [2.05, 4.69) is 25.8 Å². The van der Waals surface area contributed by atoms with Crippen molar-refractivity contribution in [1.82, 2.24) is 4.98 Å². The van der Waals surface area contributed by atoms with E-state index in [9.17, 15) is 0 Å². The van der Waals surface area contributed by atoms with Gasteiger partial charge in [0.1, 0.15) is 6.26 Å². The van der Waals surface area contributed by atoms with Gasteiger partial charge in [-0.1, -0.05) is 20.8 Å². The lowest BCUT2D eigenvalue weighted by Crippen LogP contribution is -2.09. The molecule has 3 heteroatoms. The Morgan fingerprint density at radius 2 is 2.15 bits per heavy atom. The van der Waals surface area contributed by atoms with Gasteiger partial charge in [0, 0.05) is 12.8 Å². The molecule has 0 bridgehead atoms. The molecule has 0 radical (unpaired) electrons. The van der Waals surface area contributed by atoms with Crippen molar-refractivity contribution in [3.8, 4) is 0 Å². The Bertz CT molecular complexity index is 260. The number of hydrogen-bond donors (Lipinski definition) is 1. The Kier molecular flexibility index (Phi) is 3.09. The minimum Gasteiger partial charge on any atom is -0.449 e. The van der Waals surface area contributed by atoms with Gasteiger partial charge < -0.3 is 10.2 Å². The van der Waals surface area contributed by atoms with Crippen LogP contribution in [-0.2, 0) is 12.8 Å². The lowest BCUT2D eigenvalue weighted by atomic mass is 9.92. The lowest BCUT2D eigenvalue weighted by molar-refractivity contribution is 0.354. The molecular weight excluding hydrogens is 164 g/mol. The lowest BCUT2D eigenvalue weighted by Gasteiger charge is -2.14. The Morgan fingerprint density at radius 1 is 1.46 bits per heavy atom. The summed E-state index contributed by atoms with van der Waals surface area (Å²) in [6.45, 7) is 7.13. The Hall–Kier alpha value is -0.830. The second-order valence-corrected chi connectivity index (χ2v) is 4.51. The molecule has 0 atom stereocenters. The zero-order valence-electron chi connectivity index (χ0n) is 8.63. The third kappa shape index (κ3) is 3.59. The van der Waals surface area contributed by atoms with E-state index in [-0.39, 0.29) is 5.41 Å². The molecule has 1 rings (SSSR count). The third-order valence-corrected chi connectivity index (χ3v) is 1.68. The van der Waals surface area contributed by atoms with Crippen LogP contribution in [0.3, 0.4) is 0 Å². The highest BCUT2D eigenvalue weighted by molar-refractivity contribution is 4.98. The number of rotatable bonds is 3. The van der Waals surface area contributed by atoms with Crippen molar-refractivity contribution in [3.63, 3.8) is 0 Å². The second-order valence-electron chi connectivity index (χ2n) is 4.51. The fourth-order valence-corrected chi connectivity index (χ4v) is 1.15. The molecule has 1 aromatic heterocycles. The van der Waals surface area contributed by atoms with E-state index in [0.717, 1.165) is 24.4 Å². The third-order valence-electron chi connectivity index (χ3n) is 1.68. The first-order valence-electron chi connectivity index (χ1n) is 4.64. The monoisotopic (exact) mass is 182 g/mol. The van der Waals surface area contributed by atoms with Crippen LogP contribution in [0.4, 0.5) is 0 Å². The molecule has 1 heterocycles. The summed E-state index contributed by atoms with van der Waals surface area (Å²) in [5.41, 5.74) is 6.60. The zero-order chi connectivity index (χ0) is 9.90. The van der Waals surface area contributed by atoms with Gasteiger partial charge in [-0.05, 0) is 12.0 Å². The molecule has 0 spiro atoms. The number of nitrogens with two attached hydrogens (primary N) is 1. The summed E-state index contributed by atoms with van der Waals surface area (Å²) in [5.74, 6) is 0.816. The minimum atomic E-state index is 0.227. The van der Waals surface area contributed by atoms with Crippen LogP contribution in [0.5, 0.6) is 0 Å². The highest BCUT2D eigenvalue weighted by Gasteiger charge is 2.15. The smallest absolute Gasteiger partial charge is 0.194 e. The van der Waals surface area contributed by atoms with Crippen LogP contribution in [0.15, 0.2) is 10.7 Å². The molecule has 0 saturated heterocycles. The Morgan fingerprint density at radius 3 is 2.69 bits per heavy atom. The molecule has 0 aromatic carbocycles. The van der Waals surface area contributed by atoms with Crippen LogP contribution in [0.25, 0.3) is 0 Å².